The summed E-state index contributed by atoms with van der Waals surface area (Å²) < 4.78 is 0. The molecule has 0 bridgehead atoms. The summed E-state index contributed by atoms with van der Waals surface area (Å²) in [7, 11) is 0. The van der Waals surface area contributed by atoms with Crippen molar-refractivity contribution in [1.29, 1.82) is 0 Å². The molecule has 17 heavy (non-hydrogen) atoms. The number of phenolic OH excluding ortho intramolecular Hbond substituents is 1. The van der Waals surface area contributed by atoms with Crippen LogP contribution in [0.5, 0.6) is 5.75 Å². The van der Waals surface area contributed by atoms with Gasteiger partial charge in [-0.15, -0.1) is 0 Å². The van der Waals surface area contributed by atoms with Crippen molar-refractivity contribution in [1.82, 2.24) is 0 Å². The highest BCUT2D eigenvalue weighted by molar-refractivity contribution is 5.89. The van der Waals surface area contributed by atoms with Crippen molar-refractivity contribution in [2.75, 3.05) is 0 Å². The molecule has 88 valence electrons. The monoisotopic (exact) mass is 226 g/mol. The fraction of sp³-hybridized carbons (Fsp3) is 0.375. The third-order valence-corrected chi connectivity index (χ3v) is 3.98. The van der Waals surface area contributed by atoms with E-state index in [0.717, 1.165) is 16.3 Å². The summed E-state index contributed by atoms with van der Waals surface area (Å²) in [5.41, 5.74) is 1.16. The maximum absolute atomic E-state index is 10.4. The van der Waals surface area contributed by atoms with Crippen LogP contribution < -0.4 is 0 Å². The summed E-state index contributed by atoms with van der Waals surface area (Å²) in [5.74, 6) is 1.07. The predicted molar refractivity (Wildman–Crippen MR) is 71.4 cm³/mol. The molecule has 0 heterocycles. The van der Waals surface area contributed by atoms with E-state index in [0.29, 0.717) is 11.7 Å². The molecule has 0 radical (unpaired) electrons. The zero-order valence-corrected chi connectivity index (χ0v) is 10.0. The van der Waals surface area contributed by atoms with E-state index in [1.165, 1.54) is 32.1 Å². The number of hydrogen-bond acceptors (Lipinski definition) is 1. The Balaban J connectivity index is 2.07. The van der Waals surface area contributed by atoms with Crippen LogP contribution in [0.2, 0.25) is 0 Å². The van der Waals surface area contributed by atoms with Crippen LogP contribution in [0.3, 0.4) is 0 Å². The minimum absolute atomic E-state index is 0.509. The summed E-state index contributed by atoms with van der Waals surface area (Å²) in [6.45, 7) is 0. The van der Waals surface area contributed by atoms with Crippen LogP contribution in [0.25, 0.3) is 10.8 Å². The van der Waals surface area contributed by atoms with Crippen molar-refractivity contribution in [3.63, 3.8) is 0 Å². The normalized spacial score (nSPS) is 17.4. The number of benzene rings is 2. The van der Waals surface area contributed by atoms with E-state index in [1.807, 2.05) is 18.2 Å². The van der Waals surface area contributed by atoms with Crippen molar-refractivity contribution in [2.24, 2.45) is 0 Å². The first-order valence-corrected chi connectivity index (χ1v) is 6.57. The Kier molecular flexibility index (Phi) is 2.76. The van der Waals surface area contributed by atoms with E-state index >= 15 is 0 Å². The van der Waals surface area contributed by atoms with E-state index in [2.05, 4.69) is 18.2 Å². The summed E-state index contributed by atoms with van der Waals surface area (Å²) in [4.78, 5) is 0. The molecule has 2 aromatic rings. The Morgan fingerprint density at radius 1 is 0.882 bits per heavy atom. The Labute approximate surface area is 102 Å². The van der Waals surface area contributed by atoms with Crippen LogP contribution in [-0.2, 0) is 0 Å². The second-order valence-electron chi connectivity index (χ2n) is 5.06. The lowest BCUT2D eigenvalue weighted by molar-refractivity contribution is 0.417. The molecule has 1 N–H and O–H groups in total. The van der Waals surface area contributed by atoms with Crippen molar-refractivity contribution in [3.05, 3.63) is 42.0 Å². The third kappa shape index (κ3) is 1.90. The van der Waals surface area contributed by atoms with Gasteiger partial charge in [0.05, 0.1) is 0 Å². The van der Waals surface area contributed by atoms with Crippen molar-refractivity contribution in [3.8, 4) is 5.75 Å². The quantitative estimate of drug-likeness (QED) is 0.753. The highest BCUT2D eigenvalue weighted by Gasteiger charge is 2.19. The largest absolute Gasteiger partial charge is 0.507 e. The zero-order chi connectivity index (χ0) is 11.7. The number of rotatable bonds is 1. The second-order valence-corrected chi connectivity index (χ2v) is 5.06. The molecule has 1 saturated carbocycles. The molecule has 3 rings (SSSR count). The zero-order valence-electron chi connectivity index (χ0n) is 10.0. The van der Waals surface area contributed by atoms with E-state index in [1.54, 1.807) is 0 Å². The fourth-order valence-electron chi connectivity index (χ4n) is 3.02. The molecule has 0 unspecified atom stereocenters. The average molecular weight is 226 g/mol. The SMILES string of the molecule is Oc1c(C2CCCCC2)ccc2ccccc12. The Morgan fingerprint density at radius 3 is 2.47 bits per heavy atom. The summed E-state index contributed by atoms with van der Waals surface area (Å²) in [6.07, 6.45) is 6.41. The average Bonchev–Trinajstić information content (AvgIpc) is 2.40. The van der Waals surface area contributed by atoms with Crippen LogP contribution in [-0.4, -0.2) is 5.11 Å². The van der Waals surface area contributed by atoms with Gasteiger partial charge in [0, 0.05) is 5.39 Å². The fourth-order valence-corrected chi connectivity index (χ4v) is 3.02. The lowest BCUT2D eigenvalue weighted by Gasteiger charge is -2.23. The molecule has 1 fully saturated rings. The van der Waals surface area contributed by atoms with Crippen LogP contribution in [0.4, 0.5) is 0 Å². The highest BCUT2D eigenvalue weighted by atomic mass is 16.3. The molecule has 1 aliphatic carbocycles. The van der Waals surface area contributed by atoms with E-state index in [4.69, 9.17) is 0 Å². The van der Waals surface area contributed by atoms with E-state index in [-0.39, 0.29) is 0 Å². The molecule has 0 saturated heterocycles. The van der Waals surface area contributed by atoms with Gasteiger partial charge in [-0.05, 0) is 29.7 Å². The van der Waals surface area contributed by atoms with Crippen LogP contribution in [0.15, 0.2) is 36.4 Å². The van der Waals surface area contributed by atoms with E-state index in [9.17, 15) is 5.11 Å². The molecular weight excluding hydrogens is 208 g/mol. The van der Waals surface area contributed by atoms with Gasteiger partial charge in [0.15, 0.2) is 0 Å². The van der Waals surface area contributed by atoms with Crippen LogP contribution >= 0.6 is 0 Å². The summed E-state index contributed by atoms with van der Waals surface area (Å²) >= 11 is 0. The molecule has 1 nitrogen and oxygen atoms in total. The lowest BCUT2D eigenvalue weighted by atomic mass is 9.83. The number of hydrogen-bond donors (Lipinski definition) is 1. The van der Waals surface area contributed by atoms with Crippen molar-refractivity contribution < 1.29 is 5.11 Å². The van der Waals surface area contributed by atoms with Gasteiger partial charge in [0.25, 0.3) is 0 Å². The maximum atomic E-state index is 10.4. The summed E-state index contributed by atoms with van der Waals surface area (Å²) in [6, 6.07) is 12.3. The van der Waals surface area contributed by atoms with Gasteiger partial charge in [-0.1, -0.05) is 55.7 Å². The minimum atomic E-state index is 0.509. The number of aromatic hydroxyl groups is 1. The third-order valence-electron chi connectivity index (χ3n) is 3.98. The highest BCUT2D eigenvalue weighted by Crippen LogP contribution is 2.40. The molecule has 0 atom stereocenters. The Bertz CT molecular complexity index is 524. The Morgan fingerprint density at radius 2 is 1.65 bits per heavy atom. The molecule has 0 aromatic heterocycles. The first-order valence-electron chi connectivity index (χ1n) is 6.57. The lowest BCUT2D eigenvalue weighted by Crippen LogP contribution is -2.04. The van der Waals surface area contributed by atoms with Crippen molar-refractivity contribution >= 4 is 10.8 Å². The van der Waals surface area contributed by atoms with Crippen molar-refractivity contribution in [2.45, 2.75) is 38.0 Å². The topological polar surface area (TPSA) is 20.2 Å². The second kappa shape index (κ2) is 4.40. The molecule has 0 amide bonds. The number of fused-ring (bicyclic) bond motifs is 1. The molecule has 1 heteroatoms. The number of phenols is 1. The van der Waals surface area contributed by atoms with Gasteiger partial charge in [0.2, 0.25) is 0 Å². The molecule has 1 aliphatic rings. The predicted octanol–water partition coefficient (Wildman–Crippen LogP) is 4.59. The van der Waals surface area contributed by atoms with E-state index < -0.39 is 0 Å². The van der Waals surface area contributed by atoms with Gasteiger partial charge in [-0.25, -0.2) is 0 Å². The molecule has 0 spiro atoms. The van der Waals surface area contributed by atoms with Gasteiger partial charge < -0.3 is 5.11 Å². The first-order chi connectivity index (χ1) is 8.36. The molecular formula is C16H18O. The van der Waals surface area contributed by atoms with Crippen LogP contribution in [0.1, 0.15) is 43.6 Å². The standard InChI is InChI=1S/C16H18O/c17-16-14-9-5-4-8-13(14)10-11-15(16)12-6-2-1-3-7-12/h4-5,8-12,17H,1-3,6-7H2. The smallest absolute Gasteiger partial charge is 0.126 e. The van der Waals surface area contributed by atoms with Gasteiger partial charge in [-0.2, -0.15) is 0 Å². The molecule has 0 aliphatic heterocycles. The van der Waals surface area contributed by atoms with Gasteiger partial charge in [-0.3, -0.25) is 0 Å². The first kappa shape index (κ1) is 10.6. The maximum Gasteiger partial charge on any atom is 0.126 e. The van der Waals surface area contributed by atoms with Gasteiger partial charge >= 0.3 is 0 Å². The van der Waals surface area contributed by atoms with Crippen LogP contribution in [0, 0.1) is 0 Å². The minimum Gasteiger partial charge on any atom is -0.507 e. The molecule has 2 aromatic carbocycles. The summed E-state index contributed by atoms with van der Waals surface area (Å²) in [5, 5.41) is 12.5. The van der Waals surface area contributed by atoms with Gasteiger partial charge in [0.1, 0.15) is 5.75 Å². The Hall–Kier alpha value is -1.50.